The minimum atomic E-state index is -0.601. The van der Waals surface area contributed by atoms with Gasteiger partial charge in [-0.2, -0.15) is 0 Å². The molecule has 2 atom stereocenters. The fourth-order valence-electron chi connectivity index (χ4n) is 2.88. The maximum atomic E-state index is 12.5. The van der Waals surface area contributed by atoms with Gasteiger partial charge >= 0.3 is 0 Å². The van der Waals surface area contributed by atoms with E-state index in [1.54, 1.807) is 11.9 Å². The zero-order chi connectivity index (χ0) is 15.4. The van der Waals surface area contributed by atoms with Crippen molar-refractivity contribution in [2.24, 2.45) is 0 Å². The number of likely N-dealkylation sites (tertiary alicyclic amines) is 1. The number of carbonyl (C=O) groups excluding carboxylic acids is 2. The van der Waals surface area contributed by atoms with Crippen LogP contribution in [0.4, 0.5) is 0 Å². The molecule has 0 unspecified atom stereocenters. The second kappa shape index (κ2) is 7.20. The predicted octanol–water partition coefficient (Wildman–Crippen LogP) is -1.24. The summed E-state index contributed by atoms with van der Waals surface area (Å²) in [4.78, 5) is 29.4. The van der Waals surface area contributed by atoms with Crippen LogP contribution in [0, 0.1) is 0 Å². The standard InChI is InChI=1S/C14H25N3O4/c1-11(18)17-10-12(19)9-13(17)14(20)15(2)3-4-16-5-7-21-8-6-16/h12-13,19H,3-10H2,1-2H3/t12-,13+/m0/s1. The van der Waals surface area contributed by atoms with E-state index in [9.17, 15) is 14.7 Å². The number of hydrogen-bond acceptors (Lipinski definition) is 5. The summed E-state index contributed by atoms with van der Waals surface area (Å²) in [6.45, 7) is 6.38. The van der Waals surface area contributed by atoms with E-state index in [2.05, 4.69) is 4.90 Å². The molecule has 0 spiro atoms. The monoisotopic (exact) mass is 299 g/mol. The van der Waals surface area contributed by atoms with Gasteiger partial charge in [0.05, 0.1) is 19.3 Å². The molecule has 2 rings (SSSR count). The molecule has 2 aliphatic rings. The van der Waals surface area contributed by atoms with Crippen molar-refractivity contribution in [3.63, 3.8) is 0 Å². The lowest BCUT2D eigenvalue weighted by Gasteiger charge is -2.30. The van der Waals surface area contributed by atoms with Crippen LogP contribution in [-0.4, -0.2) is 96.8 Å². The Labute approximate surface area is 125 Å². The Balaban J connectivity index is 1.84. The lowest BCUT2D eigenvalue weighted by molar-refractivity contribution is -0.142. The molecule has 7 nitrogen and oxygen atoms in total. The molecular weight excluding hydrogens is 274 g/mol. The summed E-state index contributed by atoms with van der Waals surface area (Å²) >= 11 is 0. The Morgan fingerprint density at radius 1 is 1.33 bits per heavy atom. The second-order valence-corrected chi connectivity index (χ2v) is 5.79. The SMILES string of the molecule is CC(=O)N1C[C@@H](O)C[C@@H]1C(=O)N(C)CCN1CCOCC1. The van der Waals surface area contributed by atoms with Crippen LogP contribution in [0.3, 0.4) is 0 Å². The molecule has 7 heteroatoms. The number of likely N-dealkylation sites (N-methyl/N-ethyl adjacent to an activating group) is 1. The Kier molecular flexibility index (Phi) is 5.55. The zero-order valence-electron chi connectivity index (χ0n) is 12.8. The Morgan fingerprint density at radius 3 is 2.62 bits per heavy atom. The fraction of sp³-hybridized carbons (Fsp3) is 0.857. The molecular formula is C14H25N3O4. The van der Waals surface area contributed by atoms with Crippen molar-refractivity contribution in [1.29, 1.82) is 0 Å². The summed E-state index contributed by atoms with van der Waals surface area (Å²) in [6, 6.07) is -0.521. The van der Waals surface area contributed by atoms with Crippen LogP contribution < -0.4 is 0 Å². The van der Waals surface area contributed by atoms with Crippen LogP contribution >= 0.6 is 0 Å². The third kappa shape index (κ3) is 4.15. The Morgan fingerprint density at radius 2 is 2.00 bits per heavy atom. The number of hydrogen-bond donors (Lipinski definition) is 1. The van der Waals surface area contributed by atoms with Gasteiger partial charge in [-0.15, -0.1) is 0 Å². The summed E-state index contributed by atoms with van der Waals surface area (Å²) in [5.74, 6) is -0.249. The molecule has 0 aromatic rings. The second-order valence-electron chi connectivity index (χ2n) is 5.79. The van der Waals surface area contributed by atoms with E-state index in [1.165, 1.54) is 11.8 Å². The van der Waals surface area contributed by atoms with Crippen molar-refractivity contribution in [2.75, 3.05) is 53.0 Å². The quantitative estimate of drug-likeness (QED) is 0.703. The van der Waals surface area contributed by atoms with E-state index in [0.717, 1.165) is 32.8 Å². The van der Waals surface area contributed by atoms with Gasteiger partial charge in [0.25, 0.3) is 0 Å². The lowest BCUT2D eigenvalue weighted by atomic mass is 10.1. The molecule has 120 valence electrons. The van der Waals surface area contributed by atoms with Crippen molar-refractivity contribution in [1.82, 2.24) is 14.7 Å². The highest BCUT2D eigenvalue weighted by molar-refractivity contribution is 5.87. The predicted molar refractivity (Wildman–Crippen MR) is 76.7 cm³/mol. The van der Waals surface area contributed by atoms with Gasteiger partial charge in [-0.3, -0.25) is 14.5 Å². The minimum Gasteiger partial charge on any atom is -0.391 e. The molecule has 2 amide bonds. The van der Waals surface area contributed by atoms with Gasteiger partial charge in [-0.25, -0.2) is 0 Å². The average Bonchev–Trinajstić information content (AvgIpc) is 2.87. The highest BCUT2D eigenvalue weighted by Crippen LogP contribution is 2.19. The first kappa shape index (κ1) is 16.2. The van der Waals surface area contributed by atoms with Gasteiger partial charge in [0, 0.05) is 53.1 Å². The molecule has 21 heavy (non-hydrogen) atoms. The number of rotatable bonds is 4. The first-order chi connectivity index (χ1) is 9.99. The first-order valence-electron chi connectivity index (χ1n) is 7.49. The summed E-state index contributed by atoms with van der Waals surface area (Å²) in [6.07, 6.45) is -0.268. The molecule has 0 radical (unpaired) electrons. The molecule has 0 aromatic heterocycles. The van der Waals surface area contributed by atoms with Crippen LogP contribution in [0.25, 0.3) is 0 Å². The number of β-amino-alcohol motifs (C(OH)–C–C–N with tert-alkyl or cyclic N) is 1. The molecule has 2 saturated heterocycles. The lowest BCUT2D eigenvalue weighted by Crippen LogP contribution is -2.48. The van der Waals surface area contributed by atoms with Crippen LogP contribution in [-0.2, 0) is 14.3 Å². The van der Waals surface area contributed by atoms with Gasteiger partial charge in [0.1, 0.15) is 6.04 Å². The maximum absolute atomic E-state index is 12.5. The average molecular weight is 299 g/mol. The summed E-state index contributed by atoms with van der Waals surface area (Å²) in [7, 11) is 1.76. The zero-order valence-corrected chi connectivity index (χ0v) is 12.8. The van der Waals surface area contributed by atoms with Gasteiger partial charge < -0.3 is 19.6 Å². The van der Waals surface area contributed by atoms with Crippen molar-refractivity contribution in [2.45, 2.75) is 25.5 Å². The van der Waals surface area contributed by atoms with Gasteiger partial charge in [0.15, 0.2) is 0 Å². The Hall–Kier alpha value is -1.18. The molecule has 2 fully saturated rings. The van der Waals surface area contributed by atoms with Gasteiger partial charge in [-0.1, -0.05) is 0 Å². The van der Waals surface area contributed by atoms with Gasteiger partial charge in [-0.05, 0) is 0 Å². The van der Waals surface area contributed by atoms with E-state index in [1.807, 2.05) is 0 Å². The number of carbonyl (C=O) groups is 2. The van der Waals surface area contributed by atoms with E-state index in [4.69, 9.17) is 4.74 Å². The first-order valence-corrected chi connectivity index (χ1v) is 7.49. The van der Waals surface area contributed by atoms with Crippen LogP contribution in [0.2, 0.25) is 0 Å². The molecule has 0 saturated carbocycles. The van der Waals surface area contributed by atoms with Crippen molar-refractivity contribution >= 4 is 11.8 Å². The van der Waals surface area contributed by atoms with E-state index in [0.29, 0.717) is 13.0 Å². The highest BCUT2D eigenvalue weighted by atomic mass is 16.5. The number of aliphatic hydroxyl groups is 1. The molecule has 2 heterocycles. The molecule has 0 aliphatic carbocycles. The van der Waals surface area contributed by atoms with Crippen LogP contribution in [0.5, 0.6) is 0 Å². The van der Waals surface area contributed by atoms with Crippen molar-refractivity contribution in [3.05, 3.63) is 0 Å². The number of amides is 2. The highest BCUT2D eigenvalue weighted by Gasteiger charge is 2.38. The third-order valence-corrected chi connectivity index (χ3v) is 4.20. The smallest absolute Gasteiger partial charge is 0.245 e. The minimum absolute atomic E-state index is 0.0880. The van der Waals surface area contributed by atoms with E-state index in [-0.39, 0.29) is 18.4 Å². The summed E-state index contributed by atoms with van der Waals surface area (Å²) in [5, 5.41) is 9.70. The van der Waals surface area contributed by atoms with Crippen molar-refractivity contribution < 1.29 is 19.4 Å². The fourth-order valence-corrected chi connectivity index (χ4v) is 2.88. The summed E-state index contributed by atoms with van der Waals surface area (Å²) in [5.41, 5.74) is 0. The number of nitrogens with zero attached hydrogens (tertiary/aromatic N) is 3. The topological polar surface area (TPSA) is 73.3 Å². The van der Waals surface area contributed by atoms with Crippen molar-refractivity contribution in [3.8, 4) is 0 Å². The maximum Gasteiger partial charge on any atom is 0.245 e. The van der Waals surface area contributed by atoms with Crippen LogP contribution in [0.1, 0.15) is 13.3 Å². The number of morpholine rings is 1. The normalized spacial score (nSPS) is 26.9. The van der Waals surface area contributed by atoms with E-state index >= 15 is 0 Å². The van der Waals surface area contributed by atoms with Gasteiger partial charge in [0.2, 0.25) is 11.8 Å². The molecule has 0 aromatic carbocycles. The molecule has 0 bridgehead atoms. The third-order valence-electron chi connectivity index (χ3n) is 4.20. The molecule has 2 aliphatic heterocycles. The van der Waals surface area contributed by atoms with Crippen LogP contribution in [0.15, 0.2) is 0 Å². The molecule has 1 N–H and O–H groups in total. The number of ether oxygens (including phenoxy) is 1. The summed E-state index contributed by atoms with van der Waals surface area (Å²) < 4.78 is 5.29. The Bertz CT molecular complexity index is 384. The van der Waals surface area contributed by atoms with E-state index < -0.39 is 12.1 Å². The largest absolute Gasteiger partial charge is 0.391 e. The number of aliphatic hydroxyl groups excluding tert-OH is 1.